The summed E-state index contributed by atoms with van der Waals surface area (Å²) in [5.41, 5.74) is 5.56. The molecule has 1 aromatic heterocycles. The molecule has 1 saturated heterocycles. The molecule has 0 saturated carbocycles. The minimum atomic E-state index is 0.138. The number of hydrogen-bond acceptors (Lipinski definition) is 4. The second-order valence-electron chi connectivity index (χ2n) is 7.77. The third-order valence-electron chi connectivity index (χ3n) is 5.95. The first kappa shape index (κ1) is 17.7. The van der Waals surface area contributed by atoms with Crippen LogP contribution in [0.3, 0.4) is 0 Å². The molecule has 26 heavy (non-hydrogen) atoms. The molecule has 0 bridgehead atoms. The van der Waals surface area contributed by atoms with E-state index in [1.54, 1.807) is 0 Å². The lowest BCUT2D eigenvalue weighted by atomic mass is 9.86. The molecule has 2 aromatic rings. The summed E-state index contributed by atoms with van der Waals surface area (Å²) < 4.78 is 8.17. The standard InChI is InChI=1S/C21H30N4O/c1-15-7-8-16-5-4-6-18(17(16)13-15)22-14-20-21(24(2)11-12-26-20)19-9-10-23-25(19)3/h7-10,13,18,20-22H,4-6,11-12,14H2,1-3H3/t18?,20-,21-/m0/s1. The van der Waals surface area contributed by atoms with Gasteiger partial charge in [0, 0.05) is 32.4 Å². The average molecular weight is 354 g/mol. The molecular formula is C21H30N4O. The fourth-order valence-corrected chi connectivity index (χ4v) is 4.51. The van der Waals surface area contributed by atoms with Gasteiger partial charge in [-0.3, -0.25) is 9.58 Å². The first-order valence-electron chi connectivity index (χ1n) is 9.76. The summed E-state index contributed by atoms with van der Waals surface area (Å²) in [6, 6.07) is 9.69. The number of hydrogen-bond donors (Lipinski definition) is 1. The van der Waals surface area contributed by atoms with E-state index in [-0.39, 0.29) is 12.1 Å². The Labute approximate surface area is 156 Å². The minimum absolute atomic E-state index is 0.138. The zero-order valence-electron chi connectivity index (χ0n) is 16.1. The fourth-order valence-electron chi connectivity index (χ4n) is 4.51. The van der Waals surface area contributed by atoms with Gasteiger partial charge in [-0.2, -0.15) is 5.10 Å². The van der Waals surface area contributed by atoms with E-state index in [2.05, 4.69) is 53.6 Å². The van der Waals surface area contributed by atoms with Gasteiger partial charge in [0.1, 0.15) is 0 Å². The van der Waals surface area contributed by atoms with E-state index in [0.29, 0.717) is 6.04 Å². The number of nitrogens with zero attached hydrogens (tertiary/aromatic N) is 3. The predicted molar refractivity (Wildman–Crippen MR) is 103 cm³/mol. The smallest absolute Gasteiger partial charge is 0.0911 e. The van der Waals surface area contributed by atoms with Crippen molar-refractivity contribution in [2.45, 2.75) is 44.4 Å². The SMILES string of the molecule is Cc1ccc2c(c1)C(NC[C@@H]1OCCN(C)[C@H]1c1ccnn1C)CCC2. The highest BCUT2D eigenvalue weighted by atomic mass is 16.5. The number of nitrogens with one attached hydrogen (secondary N) is 1. The van der Waals surface area contributed by atoms with E-state index in [1.807, 2.05) is 17.9 Å². The Morgan fingerprint density at radius 2 is 2.15 bits per heavy atom. The van der Waals surface area contributed by atoms with Crippen LogP contribution in [0.4, 0.5) is 0 Å². The molecule has 1 unspecified atom stereocenters. The van der Waals surface area contributed by atoms with Crippen LogP contribution in [0.2, 0.25) is 0 Å². The minimum Gasteiger partial charge on any atom is -0.374 e. The Bertz CT molecular complexity index is 756. The van der Waals surface area contributed by atoms with Crippen LogP contribution in [-0.4, -0.2) is 47.5 Å². The van der Waals surface area contributed by atoms with Crippen molar-refractivity contribution in [3.63, 3.8) is 0 Å². The van der Waals surface area contributed by atoms with E-state index in [1.165, 1.54) is 41.6 Å². The van der Waals surface area contributed by atoms with Gasteiger partial charge >= 0.3 is 0 Å². The Kier molecular flexibility index (Phi) is 5.11. The largest absolute Gasteiger partial charge is 0.374 e. The molecule has 1 aromatic carbocycles. The van der Waals surface area contributed by atoms with Crippen LogP contribution in [0.25, 0.3) is 0 Å². The molecule has 5 nitrogen and oxygen atoms in total. The molecule has 0 spiro atoms. The third-order valence-corrected chi connectivity index (χ3v) is 5.95. The molecule has 2 aliphatic rings. The first-order valence-corrected chi connectivity index (χ1v) is 9.76. The third kappa shape index (κ3) is 3.43. The number of ether oxygens (including phenoxy) is 1. The summed E-state index contributed by atoms with van der Waals surface area (Å²) >= 11 is 0. The molecule has 0 amide bonds. The second kappa shape index (κ2) is 7.51. The topological polar surface area (TPSA) is 42.3 Å². The van der Waals surface area contributed by atoms with Gasteiger partial charge in [0.25, 0.3) is 0 Å². The van der Waals surface area contributed by atoms with Crippen LogP contribution in [0.1, 0.15) is 47.3 Å². The maximum absolute atomic E-state index is 6.20. The Hall–Kier alpha value is -1.69. The van der Waals surface area contributed by atoms with Crippen molar-refractivity contribution >= 4 is 0 Å². The highest BCUT2D eigenvalue weighted by Crippen LogP contribution is 2.32. The maximum atomic E-state index is 6.20. The van der Waals surface area contributed by atoms with Gasteiger partial charge in [0.15, 0.2) is 0 Å². The quantitative estimate of drug-likeness (QED) is 0.917. The summed E-state index contributed by atoms with van der Waals surface area (Å²) in [6.07, 6.45) is 5.68. The summed E-state index contributed by atoms with van der Waals surface area (Å²) in [6.45, 7) is 4.79. The summed E-state index contributed by atoms with van der Waals surface area (Å²) in [5, 5.41) is 8.19. The lowest BCUT2D eigenvalue weighted by Gasteiger charge is -2.40. The number of rotatable bonds is 4. The molecule has 3 atom stereocenters. The average Bonchev–Trinajstić information content (AvgIpc) is 3.05. The van der Waals surface area contributed by atoms with Gasteiger partial charge < -0.3 is 10.1 Å². The van der Waals surface area contributed by atoms with E-state index in [9.17, 15) is 0 Å². The molecule has 0 radical (unpaired) electrons. The van der Waals surface area contributed by atoms with Crippen molar-refractivity contribution in [3.8, 4) is 0 Å². The van der Waals surface area contributed by atoms with Crippen LogP contribution in [0.15, 0.2) is 30.5 Å². The molecule has 1 N–H and O–H groups in total. The zero-order valence-corrected chi connectivity index (χ0v) is 16.1. The monoisotopic (exact) mass is 354 g/mol. The molecular weight excluding hydrogens is 324 g/mol. The van der Waals surface area contributed by atoms with Gasteiger partial charge in [-0.1, -0.05) is 23.8 Å². The molecule has 1 aliphatic carbocycles. The molecule has 2 heterocycles. The normalized spacial score (nSPS) is 26.7. The molecule has 1 fully saturated rings. The van der Waals surface area contributed by atoms with Crippen LogP contribution in [0.5, 0.6) is 0 Å². The number of aryl methyl sites for hydroxylation is 3. The van der Waals surface area contributed by atoms with Gasteiger partial charge in [0.05, 0.1) is 24.4 Å². The number of aromatic nitrogens is 2. The molecule has 1 aliphatic heterocycles. The summed E-state index contributed by atoms with van der Waals surface area (Å²) in [5.74, 6) is 0. The van der Waals surface area contributed by atoms with Gasteiger partial charge in [0.2, 0.25) is 0 Å². The second-order valence-corrected chi connectivity index (χ2v) is 7.77. The van der Waals surface area contributed by atoms with Gasteiger partial charge in [-0.25, -0.2) is 0 Å². The lowest BCUT2D eigenvalue weighted by Crippen LogP contribution is -2.48. The first-order chi connectivity index (χ1) is 12.6. The van der Waals surface area contributed by atoms with Crippen LogP contribution in [0, 0.1) is 6.92 Å². The van der Waals surface area contributed by atoms with Crippen molar-refractivity contribution in [3.05, 3.63) is 52.8 Å². The van der Waals surface area contributed by atoms with E-state index in [0.717, 1.165) is 19.7 Å². The van der Waals surface area contributed by atoms with Crippen LogP contribution >= 0.6 is 0 Å². The van der Waals surface area contributed by atoms with Gasteiger partial charge in [-0.15, -0.1) is 0 Å². The number of likely N-dealkylation sites (N-methyl/N-ethyl adjacent to an activating group) is 1. The van der Waals surface area contributed by atoms with E-state index < -0.39 is 0 Å². The van der Waals surface area contributed by atoms with Crippen molar-refractivity contribution in [1.82, 2.24) is 20.0 Å². The van der Waals surface area contributed by atoms with Crippen molar-refractivity contribution in [1.29, 1.82) is 0 Å². The van der Waals surface area contributed by atoms with Crippen molar-refractivity contribution in [2.24, 2.45) is 7.05 Å². The maximum Gasteiger partial charge on any atom is 0.0911 e. The predicted octanol–water partition coefficient (Wildman–Crippen LogP) is 2.77. The summed E-state index contributed by atoms with van der Waals surface area (Å²) in [4.78, 5) is 2.39. The number of fused-ring (bicyclic) bond motifs is 1. The molecule has 140 valence electrons. The number of morpholine rings is 1. The lowest BCUT2D eigenvalue weighted by molar-refractivity contribution is -0.0649. The van der Waals surface area contributed by atoms with Crippen LogP contribution in [-0.2, 0) is 18.2 Å². The molecule has 4 rings (SSSR count). The Morgan fingerprint density at radius 3 is 2.96 bits per heavy atom. The zero-order chi connectivity index (χ0) is 18.1. The van der Waals surface area contributed by atoms with Gasteiger partial charge in [-0.05, 0) is 50.4 Å². The van der Waals surface area contributed by atoms with Crippen molar-refractivity contribution < 1.29 is 4.74 Å². The highest BCUT2D eigenvalue weighted by Gasteiger charge is 2.34. The Balaban J connectivity index is 1.50. The fraction of sp³-hybridized carbons (Fsp3) is 0.571. The number of benzene rings is 1. The van der Waals surface area contributed by atoms with Crippen LogP contribution < -0.4 is 5.32 Å². The van der Waals surface area contributed by atoms with E-state index in [4.69, 9.17) is 4.74 Å². The Morgan fingerprint density at radius 1 is 1.27 bits per heavy atom. The highest BCUT2D eigenvalue weighted by molar-refractivity contribution is 5.35. The van der Waals surface area contributed by atoms with Crippen molar-refractivity contribution in [2.75, 3.05) is 26.7 Å². The molecule has 5 heteroatoms. The van der Waals surface area contributed by atoms with E-state index >= 15 is 0 Å². The summed E-state index contributed by atoms with van der Waals surface area (Å²) in [7, 11) is 4.20.